The molecule has 2 heterocycles. The van der Waals surface area contributed by atoms with Gasteiger partial charge in [0.25, 0.3) is 0 Å². The van der Waals surface area contributed by atoms with Crippen molar-refractivity contribution < 1.29 is 18.7 Å². The van der Waals surface area contributed by atoms with Crippen LogP contribution in [-0.4, -0.2) is 35.2 Å². The molecule has 1 aromatic carbocycles. The van der Waals surface area contributed by atoms with Gasteiger partial charge in [-0.3, -0.25) is 9.59 Å². The number of benzene rings is 1. The van der Waals surface area contributed by atoms with Crippen molar-refractivity contribution in [1.82, 2.24) is 4.98 Å². The molecule has 43 heavy (non-hydrogen) atoms. The van der Waals surface area contributed by atoms with Crippen LogP contribution in [0.2, 0.25) is 0 Å². The first-order chi connectivity index (χ1) is 20.1. The molecule has 0 amide bonds. The van der Waals surface area contributed by atoms with E-state index < -0.39 is 16.5 Å². The molecule has 4 N–H and O–H groups in total. The summed E-state index contributed by atoms with van der Waals surface area (Å²) >= 11 is 1.05. The van der Waals surface area contributed by atoms with Gasteiger partial charge in [0.1, 0.15) is 10.6 Å². The van der Waals surface area contributed by atoms with Crippen molar-refractivity contribution in [3.63, 3.8) is 0 Å². The van der Waals surface area contributed by atoms with Gasteiger partial charge in [0.15, 0.2) is 0 Å². The Kier molecular flexibility index (Phi) is 11.9. The van der Waals surface area contributed by atoms with Crippen LogP contribution in [0, 0.1) is 18.2 Å². The largest absolute Gasteiger partial charge is 0.478 e. The number of nitrogens with zero attached hydrogens (tertiary/aromatic N) is 1. The van der Waals surface area contributed by atoms with Gasteiger partial charge in [-0.15, -0.1) is 0 Å². The fraction of sp³-hybridized carbons (Fsp3) is 0.559. The molecular formula is C34H48FN3O4S. The predicted molar refractivity (Wildman–Crippen MR) is 174 cm³/mol. The molecular weight excluding hydrogens is 565 g/mol. The topological polar surface area (TPSA) is 118 Å². The predicted octanol–water partition coefficient (Wildman–Crippen LogP) is 7.29. The van der Waals surface area contributed by atoms with E-state index in [4.69, 9.17) is 20.9 Å². The van der Waals surface area contributed by atoms with Gasteiger partial charge in [-0.2, -0.15) is 0 Å². The van der Waals surface area contributed by atoms with Gasteiger partial charge < -0.3 is 20.9 Å². The van der Waals surface area contributed by atoms with Gasteiger partial charge in [0, 0.05) is 28.1 Å². The van der Waals surface area contributed by atoms with E-state index >= 15 is 0 Å². The van der Waals surface area contributed by atoms with Gasteiger partial charge in [-0.25, -0.2) is 9.37 Å². The van der Waals surface area contributed by atoms with Gasteiger partial charge in [0.05, 0.1) is 18.6 Å². The molecule has 1 atom stereocenters. The van der Waals surface area contributed by atoms with E-state index in [0.717, 1.165) is 67.2 Å². The highest BCUT2D eigenvalue weighted by atomic mass is 32.1. The number of aryl methyl sites for hydroxylation is 1. The standard InChI is InChI=1S/C34H48FN3O4S/c1-23-14-16-25(35)21-26(23)27-20-24-15-17-28(38-29(24)43-30(27)39)41-18-12-10-8-7-9-11-13-19-42-31(40)33(4,5)34(6,37)22-32(2,3)36/h14-17,20-21H,7-13,18-19,22,36-37H2,1-6H3. The highest BCUT2D eigenvalue weighted by Crippen LogP contribution is 2.35. The Hall–Kier alpha value is -2.88. The van der Waals surface area contributed by atoms with Gasteiger partial charge >= 0.3 is 5.97 Å². The molecule has 7 nitrogen and oxygen atoms in total. The molecule has 0 saturated carbocycles. The monoisotopic (exact) mass is 613 g/mol. The summed E-state index contributed by atoms with van der Waals surface area (Å²) in [6, 6.07) is 9.95. The van der Waals surface area contributed by atoms with Gasteiger partial charge in [-0.1, -0.05) is 49.5 Å². The summed E-state index contributed by atoms with van der Waals surface area (Å²) in [7, 11) is 0. The summed E-state index contributed by atoms with van der Waals surface area (Å²) in [5.74, 6) is -0.147. The number of pyridine rings is 1. The van der Waals surface area contributed by atoms with E-state index in [2.05, 4.69) is 4.98 Å². The number of carbonyl (C=O) groups excluding carboxylic acids is 1. The van der Waals surface area contributed by atoms with E-state index in [1.165, 1.54) is 12.1 Å². The average molecular weight is 614 g/mol. The number of rotatable bonds is 16. The SMILES string of the molecule is Cc1ccc(F)cc1-c1cc2ccc(OCCCCCCCCCOC(=O)C(C)(C)C(C)(N)CC(C)(C)N)nc2sc1=O. The van der Waals surface area contributed by atoms with Crippen molar-refractivity contribution in [2.45, 2.75) is 104 Å². The summed E-state index contributed by atoms with van der Waals surface area (Å²) in [6.07, 6.45) is 7.61. The molecule has 0 aliphatic carbocycles. The van der Waals surface area contributed by atoms with Crippen LogP contribution >= 0.6 is 11.3 Å². The third-order valence-corrected chi connectivity index (χ3v) is 9.02. The maximum Gasteiger partial charge on any atom is 0.313 e. The molecule has 0 saturated heterocycles. The first-order valence-electron chi connectivity index (χ1n) is 15.2. The van der Waals surface area contributed by atoms with Gasteiger partial charge in [0.2, 0.25) is 10.6 Å². The minimum atomic E-state index is -0.833. The quantitative estimate of drug-likeness (QED) is 0.129. The normalized spacial score (nSPS) is 13.6. The number of ether oxygens (including phenoxy) is 2. The third-order valence-electron chi connectivity index (χ3n) is 8.10. The van der Waals surface area contributed by atoms with Crippen LogP contribution < -0.4 is 20.9 Å². The lowest BCUT2D eigenvalue weighted by molar-refractivity contribution is -0.158. The number of unbranched alkanes of at least 4 members (excludes halogenated alkanes) is 6. The number of halogens is 1. The molecule has 3 rings (SSSR count). The second kappa shape index (κ2) is 14.7. The van der Waals surface area contributed by atoms with E-state index in [0.29, 0.717) is 41.5 Å². The summed E-state index contributed by atoms with van der Waals surface area (Å²) < 4.78 is 25.0. The molecule has 0 fully saturated rings. The van der Waals surface area contributed by atoms with Crippen molar-refractivity contribution in [1.29, 1.82) is 0 Å². The van der Waals surface area contributed by atoms with E-state index in [1.54, 1.807) is 12.1 Å². The highest BCUT2D eigenvalue weighted by molar-refractivity contribution is 7.16. The minimum Gasteiger partial charge on any atom is -0.478 e. The first-order valence-corrected chi connectivity index (χ1v) is 16.0. The lowest BCUT2D eigenvalue weighted by Gasteiger charge is -2.42. The zero-order chi connectivity index (χ0) is 31.8. The van der Waals surface area contributed by atoms with Crippen LogP contribution in [0.25, 0.3) is 21.3 Å². The Morgan fingerprint density at radius 3 is 2.16 bits per heavy atom. The molecule has 9 heteroatoms. The molecule has 0 aliphatic rings. The molecule has 0 radical (unpaired) electrons. The van der Waals surface area contributed by atoms with Crippen LogP contribution in [0.15, 0.2) is 41.2 Å². The summed E-state index contributed by atoms with van der Waals surface area (Å²) in [6.45, 7) is 12.2. The maximum atomic E-state index is 13.8. The van der Waals surface area contributed by atoms with Crippen LogP contribution in [0.4, 0.5) is 4.39 Å². The Morgan fingerprint density at radius 2 is 1.51 bits per heavy atom. The number of hydrogen-bond donors (Lipinski definition) is 2. The number of hydrogen-bond acceptors (Lipinski definition) is 8. The van der Waals surface area contributed by atoms with Crippen molar-refractivity contribution >= 4 is 27.5 Å². The van der Waals surface area contributed by atoms with E-state index in [-0.39, 0.29) is 16.5 Å². The third kappa shape index (κ3) is 9.81. The fourth-order valence-electron chi connectivity index (χ4n) is 5.15. The number of fused-ring (bicyclic) bond motifs is 1. The van der Waals surface area contributed by atoms with Crippen LogP contribution in [0.5, 0.6) is 5.88 Å². The Labute approximate surface area is 259 Å². The summed E-state index contributed by atoms with van der Waals surface area (Å²) in [5, 5.41) is 0.822. The van der Waals surface area contributed by atoms with Crippen LogP contribution in [0.3, 0.4) is 0 Å². The van der Waals surface area contributed by atoms with Crippen LogP contribution in [0.1, 0.15) is 91.5 Å². The Bertz CT molecular complexity index is 1450. The number of carbonyl (C=O) groups is 1. The summed E-state index contributed by atoms with van der Waals surface area (Å²) in [4.78, 5) is 30.6. The number of esters is 1. The van der Waals surface area contributed by atoms with E-state index in [1.807, 2.05) is 53.7 Å². The lowest BCUT2D eigenvalue weighted by Crippen LogP contribution is -2.59. The van der Waals surface area contributed by atoms with Crippen molar-refractivity contribution in [2.75, 3.05) is 13.2 Å². The fourth-order valence-corrected chi connectivity index (χ4v) is 5.98. The molecule has 236 valence electrons. The Balaban J connectivity index is 1.32. The second-order valence-corrected chi connectivity index (χ2v) is 14.1. The van der Waals surface area contributed by atoms with Gasteiger partial charge in [-0.05, 0) is 96.2 Å². The van der Waals surface area contributed by atoms with E-state index in [9.17, 15) is 14.0 Å². The highest BCUT2D eigenvalue weighted by Gasteiger charge is 2.46. The van der Waals surface area contributed by atoms with Crippen molar-refractivity contribution in [3.05, 3.63) is 57.3 Å². The smallest absolute Gasteiger partial charge is 0.313 e. The number of aromatic nitrogens is 1. The number of nitrogens with two attached hydrogens (primary N) is 2. The molecule has 0 spiro atoms. The first kappa shape index (κ1) is 34.6. The summed E-state index contributed by atoms with van der Waals surface area (Å²) in [5.41, 5.74) is 12.5. The van der Waals surface area contributed by atoms with Crippen molar-refractivity contribution in [2.24, 2.45) is 16.9 Å². The van der Waals surface area contributed by atoms with Crippen molar-refractivity contribution in [3.8, 4) is 17.0 Å². The molecule has 0 bridgehead atoms. The lowest BCUT2D eigenvalue weighted by atomic mass is 9.68. The average Bonchev–Trinajstić information content (AvgIpc) is 2.91. The maximum absolute atomic E-state index is 13.8. The molecule has 1 unspecified atom stereocenters. The zero-order valence-electron chi connectivity index (χ0n) is 26.6. The molecule has 0 aliphatic heterocycles. The molecule has 3 aromatic rings. The molecule has 2 aromatic heterocycles. The Morgan fingerprint density at radius 1 is 0.884 bits per heavy atom. The zero-order valence-corrected chi connectivity index (χ0v) is 27.4. The second-order valence-electron chi connectivity index (χ2n) is 13.1. The minimum absolute atomic E-state index is 0.155. The van der Waals surface area contributed by atoms with Crippen LogP contribution in [-0.2, 0) is 9.53 Å².